The van der Waals surface area contributed by atoms with Crippen LogP contribution < -0.4 is 14.2 Å². The van der Waals surface area contributed by atoms with E-state index in [2.05, 4.69) is 0 Å². The number of benzene rings is 2. The van der Waals surface area contributed by atoms with Crippen LogP contribution in [-0.4, -0.2) is 29.5 Å². The number of methoxy groups -OCH3 is 1. The summed E-state index contributed by atoms with van der Waals surface area (Å²) >= 11 is 0. The topological polar surface area (TPSA) is 68.2 Å². The minimum Gasteiger partial charge on any atom is -0.508 e. The van der Waals surface area contributed by atoms with Gasteiger partial charge in [-0.3, -0.25) is 0 Å². The lowest BCUT2D eigenvalue weighted by Crippen LogP contribution is -2.29. The Kier molecular flexibility index (Phi) is 3.75. The smallest absolute Gasteiger partial charge is 0.135 e. The van der Waals surface area contributed by atoms with Crippen molar-refractivity contribution in [1.29, 1.82) is 0 Å². The van der Waals surface area contributed by atoms with Gasteiger partial charge in [0.1, 0.15) is 34.3 Å². The van der Waals surface area contributed by atoms with Crippen LogP contribution in [0.25, 0.3) is 6.08 Å². The Morgan fingerprint density at radius 2 is 2.00 bits per heavy atom. The normalized spacial score (nSPS) is 19.7. The monoisotopic (exact) mass is 354 g/mol. The molecule has 2 heterocycles. The molecule has 136 valence electrons. The molecule has 2 aromatic rings. The molecule has 0 aliphatic carbocycles. The fourth-order valence-electron chi connectivity index (χ4n) is 3.60. The highest BCUT2D eigenvalue weighted by Gasteiger charge is 2.32. The van der Waals surface area contributed by atoms with Gasteiger partial charge in [0.2, 0.25) is 0 Å². The van der Waals surface area contributed by atoms with E-state index in [0.29, 0.717) is 35.8 Å². The average molecular weight is 354 g/mol. The van der Waals surface area contributed by atoms with E-state index < -0.39 is 5.60 Å². The number of hydrogen-bond donors (Lipinski definition) is 2. The second-order valence-electron chi connectivity index (χ2n) is 7.29. The Morgan fingerprint density at radius 3 is 2.77 bits per heavy atom. The lowest BCUT2D eigenvalue weighted by Gasteiger charge is -2.33. The molecule has 0 unspecified atom stereocenters. The second-order valence-corrected chi connectivity index (χ2v) is 7.29. The number of phenolic OH excluding ortho intramolecular Hbond substituents is 2. The third-order valence-electron chi connectivity index (χ3n) is 4.92. The quantitative estimate of drug-likeness (QED) is 0.853. The van der Waals surface area contributed by atoms with Crippen LogP contribution in [0.4, 0.5) is 0 Å². The summed E-state index contributed by atoms with van der Waals surface area (Å²) in [5, 5.41) is 20.0. The molecular formula is C21H22O5. The molecule has 0 saturated heterocycles. The Hall–Kier alpha value is -2.82. The van der Waals surface area contributed by atoms with E-state index in [0.717, 1.165) is 11.1 Å². The number of rotatable bonds is 2. The van der Waals surface area contributed by atoms with E-state index in [9.17, 15) is 10.2 Å². The number of fused-ring (bicyclic) bond motifs is 2. The summed E-state index contributed by atoms with van der Waals surface area (Å²) in [7, 11) is 1.58. The number of ether oxygens (including phenoxy) is 3. The fraction of sp³-hybridized carbons (Fsp3) is 0.333. The molecule has 0 spiro atoms. The van der Waals surface area contributed by atoms with Gasteiger partial charge >= 0.3 is 0 Å². The van der Waals surface area contributed by atoms with Crippen molar-refractivity contribution in [2.45, 2.75) is 31.8 Å². The fourth-order valence-corrected chi connectivity index (χ4v) is 3.60. The van der Waals surface area contributed by atoms with Crippen molar-refractivity contribution < 1.29 is 24.4 Å². The van der Waals surface area contributed by atoms with E-state index >= 15 is 0 Å². The molecule has 0 radical (unpaired) electrons. The highest BCUT2D eigenvalue weighted by molar-refractivity contribution is 5.69. The molecule has 0 saturated carbocycles. The summed E-state index contributed by atoms with van der Waals surface area (Å²) in [6, 6.07) is 6.81. The van der Waals surface area contributed by atoms with Crippen LogP contribution in [-0.2, 0) is 6.42 Å². The second kappa shape index (κ2) is 5.87. The molecule has 1 atom stereocenters. The number of aromatic hydroxyl groups is 2. The predicted molar refractivity (Wildman–Crippen MR) is 98.4 cm³/mol. The molecular weight excluding hydrogens is 332 g/mol. The van der Waals surface area contributed by atoms with E-state index in [-0.39, 0.29) is 17.4 Å². The van der Waals surface area contributed by atoms with Gasteiger partial charge in [-0.05, 0) is 38.5 Å². The van der Waals surface area contributed by atoms with Crippen molar-refractivity contribution in [1.82, 2.24) is 0 Å². The highest BCUT2D eigenvalue weighted by atomic mass is 16.5. The summed E-state index contributed by atoms with van der Waals surface area (Å²) in [6.07, 6.45) is 4.55. The molecule has 2 aliphatic rings. The highest BCUT2D eigenvalue weighted by Crippen LogP contribution is 2.46. The van der Waals surface area contributed by atoms with Gasteiger partial charge in [0.05, 0.1) is 19.3 Å². The zero-order valence-corrected chi connectivity index (χ0v) is 15.1. The first-order valence-electron chi connectivity index (χ1n) is 8.65. The molecule has 5 nitrogen and oxygen atoms in total. The molecule has 2 N–H and O–H groups in total. The lowest BCUT2D eigenvalue weighted by molar-refractivity contribution is 0.153. The number of phenols is 2. The molecule has 4 rings (SSSR count). The summed E-state index contributed by atoms with van der Waals surface area (Å²) in [5.74, 6) is 2.33. The Labute approximate surface area is 152 Å². The van der Waals surface area contributed by atoms with Gasteiger partial charge in [0.15, 0.2) is 0 Å². The van der Waals surface area contributed by atoms with Crippen molar-refractivity contribution in [3.63, 3.8) is 0 Å². The molecule has 2 aromatic carbocycles. The molecule has 26 heavy (non-hydrogen) atoms. The maximum atomic E-state index is 10.2. The van der Waals surface area contributed by atoms with Gasteiger partial charge in [-0.15, -0.1) is 0 Å². The molecule has 0 bridgehead atoms. The first kappa shape index (κ1) is 16.6. The Bertz CT molecular complexity index is 881. The van der Waals surface area contributed by atoms with E-state index in [1.54, 1.807) is 25.3 Å². The molecule has 5 heteroatoms. The molecule has 2 aliphatic heterocycles. The molecule has 0 fully saturated rings. The van der Waals surface area contributed by atoms with Crippen LogP contribution >= 0.6 is 0 Å². The van der Waals surface area contributed by atoms with E-state index in [1.807, 2.05) is 32.1 Å². The van der Waals surface area contributed by atoms with Gasteiger partial charge in [-0.1, -0.05) is 6.07 Å². The van der Waals surface area contributed by atoms with Crippen molar-refractivity contribution in [3.05, 3.63) is 47.0 Å². The Morgan fingerprint density at radius 1 is 1.19 bits per heavy atom. The van der Waals surface area contributed by atoms with Gasteiger partial charge in [0.25, 0.3) is 0 Å². The van der Waals surface area contributed by atoms with Gasteiger partial charge in [-0.25, -0.2) is 0 Å². The zero-order valence-electron chi connectivity index (χ0n) is 15.1. The SMILES string of the molecule is COc1cc(O)cc2c1C[C@H](c1ccc(O)c3c1OC(C)(C)C=C3)CO2. The zero-order chi connectivity index (χ0) is 18.5. The van der Waals surface area contributed by atoms with E-state index in [1.165, 1.54) is 0 Å². The van der Waals surface area contributed by atoms with Crippen LogP contribution in [0.3, 0.4) is 0 Å². The number of hydrogen-bond acceptors (Lipinski definition) is 5. The van der Waals surface area contributed by atoms with Crippen molar-refractivity contribution in [2.24, 2.45) is 0 Å². The van der Waals surface area contributed by atoms with Crippen LogP contribution in [0.5, 0.6) is 28.7 Å². The lowest BCUT2D eigenvalue weighted by atomic mass is 9.87. The van der Waals surface area contributed by atoms with Gasteiger partial charge in [0, 0.05) is 29.2 Å². The van der Waals surface area contributed by atoms with Gasteiger partial charge in [-0.2, -0.15) is 0 Å². The Balaban J connectivity index is 1.76. The van der Waals surface area contributed by atoms with Crippen molar-refractivity contribution in [2.75, 3.05) is 13.7 Å². The minimum absolute atomic E-state index is 0.0533. The van der Waals surface area contributed by atoms with Gasteiger partial charge < -0.3 is 24.4 Å². The third kappa shape index (κ3) is 2.73. The van der Waals surface area contributed by atoms with Crippen LogP contribution in [0, 0.1) is 0 Å². The van der Waals surface area contributed by atoms with Crippen LogP contribution in [0.15, 0.2) is 30.3 Å². The summed E-state index contributed by atoms with van der Waals surface area (Å²) in [6.45, 7) is 4.43. The maximum Gasteiger partial charge on any atom is 0.135 e. The van der Waals surface area contributed by atoms with E-state index in [4.69, 9.17) is 14.2 Å². The summed E-state index contributed by atoms with van der Waals surface area (Å²) < 4.78 is 17.5. The third-order valence-corrected chi connectivity index (χ3v) is 4.92. The average Bonchev–Trinajstić information content (AvgIpc) is 2.60. The summed E-state index contributed by atoms with van der Waals surface area (Å²) in [5.41, 5.74) is 2.18. The molecule has 0 amide bonds. The first-order valence-corrected chi connectivity index (χ1v) is 8.65. The first-order chi connectivity index (χ1) is 12.4. The largest absolute Gasteiger partial charge is 0.508 e. The predicted octanol–water partition coefficient (Wildman–Crippen LogP) is 4.01. The molecule has 0 aromatic heterocycles. The van der Waals surface area contributed by atoms with Crippen molar-refractivity contribution >= 4 is 6.08 Å². The maximum absolute atomic E-state index is 10.2. The minimum atomic E-state index is -0.438. The summed E-state index contributed by atoms with van der Waals surface area (Å²) in [4.78, 5) is 0. The van der Waals surface area contributed by atoms with Crippen LogP contribution in [0.2, 0.25) is 0 Å². The van der Waals surface area contributed by atoms with Crippen molar-refractivity contribution in [3.8, 4) is 28.7 Å². The standard InChI is InChI=1S/C21H22O5/c1-21(2)7-6-15-17(23)5-4-14(20(15)26-21)12-8-16-18(24-3)9-13(22)10-19(16)25-11-12/h4-7,9-10,12,22-23H,8,11H2,1-3H3/t12-/m0/s1. The van der Waals surface area contributed by atoms with Crippen LogP contribution in [0.1, 0.15) is 36.5 Å².